The van der Waals surface area contributed by atoms with Crippen molar-refractivity contribution in [1.29, 1.82) is 0 Å². The Kier molecular flexibility index (Phi) is 7.69. The highest BCUT2D eigenvalue weighted by Gasteiger charge is 2.27. The lowest BCUT2D eigenvalue weighted by atomic mass is 9.80. The van der Waals surface area contributed by atoms with Crippen molar-refractivity contribution in [3.63, 3.8) is 0 Å². The number of piperidine rings is 1. The van der Waals surface area contributed by atoms with Crippen molar-refractivity contribution in [3.8, 4) is 0 Å². The Bertz CT molecular complexity index is 723. The summed E-state index contributed by atoms with van der Waals surface area (Å²) in [5, 5.41) is -0.237. The van der Waals surface area contributed by atoms with E-state index in [-0.39, 0.29) is 5.25 Å². The largest absolute Gasteiger partial charge is 0.371 e. The summed E-state index contributed by atoms with van der Waals surface area (Å²) in [4.78, 5) is 2.55. The van der Waals surface area contributed by atoms with Crippen LogP contribution in [0.15, 0.2) is 24.3 Å². The van der Waals surface area contributed by atoms with E-state index in [9.17, 15) is 8.42 Å². The van der Waals surface area contributed by atoms with Crippen LogP contribution >= 0.6 is 0 Å². The van der Waals surface area contributed by atoms with Gasteiger partial charge in [-0.25, -0.2) is 8.42 Å². The van der Waals surface area contributed by atoms with E-state index in [1.807, 2.05) is 0 Å². The molecule has 1 aromatic carbocycles. The van der Waals surface area contributed by atoms with Crippen LogP contribution in [-0.4, -0.2) is 32.5 Å². The Morgan fingerprint density at radius 2 is 1.48 bits per heavy atom. The van der Waals surface area contributed by atoms with Crippen LogP contribution in [0.1, 0.15) is 71.8 Å². The van der Waals surface area contributed by atoms with E-state index in [4.69, 9.17) is 0 Å². The van der Waals surface area contributed by atoms with Crippen molar-refractivity contribution < 1.29 is 8.42 Å². The van der Waals surface area contributed by atoms with Gasteiger partial charge < -0.3 is 4.90 Å². The van der Waals surface area contributed by atoms with Gasteiger partial charge in [-0.05, 0) is 87.3 Å². The van der Waals surface area contributed by atoms with Crippen LogP contribution in [0, 0.1) is 23.7 Å². The first-order valence-corrected chi connectivity index (χ1v) is 13.5. The Labute approximate surface area is 179 Å². The van der Waals surface area contributed by atoms with E-state index in [1.54, 1.807) is 13.8 Å². The van der Waals surface area contributed by atoms with Crippen LogP contribution in [0.5, 0.6) is 0 Å². The number of hydrogen-bond donors (Lipinski definition) is 0. The van der Waals surface area contributed by atoms with Gasteiger partial charge >= 0.3 is 0 Å². The van der Waals surface area contributed by atoms with E-state index < -0.39 is 9.84 Å². The molecule has 1 aromatic rings. The molecule has 164 valence electrons. The lowest BCUT2D eigenvalue weighted by Gasteiger charge is -2.36. The fraction of sp³-hybridized carbons (Fsp3) is 0.760. The normalized spacial score (nSPS) is 28.7. The number of rotatable bonds is 7. The number of sulfone groups is 1. The summed E-state index contributed by atoms with van der Waals surface area (Å²) in [7, 11) is -2.90. The standard InChI is InChI=1S/C25H41NO2S/c1-19(2)29(27,28)18-24-9-7-22(8-10-24)5-6-23-11-13-25(14-12-23)26-16-20(3)15-21(4)17-26/h11-14,19-22,24H,5-10,15-18H2,1-4H3/t20-,21-,22?,24?/m1/s1. The molecule has 2 atom stereocenters. The highest BCUT2D eigenvalue weighted by molar-refractivity contribution is 7.91. The lowest BCUT2D eigenvalue weighted by Crippen LogP contribution is -2.38. The van der Waals surface area contributed by atoms with Crippen LogP contribution in [-0.2, 0) is 16.3 Å². The topological polar surface area (TPSA) is 37.4 Å². The molecule has 3 nitrogen and oxygen atoms in total. The average molecular weight is 420 g/mol. The molecule has 0 spiro atoms. The molecular weight excluding hydrogens is 378 g/mol. The second-order valence-electron chi connectivity index (χ2n) is 10.3. The summed E-state index contributed by atoms with van der Waals surface area (Å²) in [6, 6.07) is 9.27. The molecule has 1 saturated carbocycles. The second kappa shape index (κ2) is 9.85. The number of nitrogens with zero attached hydrogens (tertiary/aromatic N) is 1. The van der Waals surface area contributed by atoms with Crippen molar-refractivity contribution in [2.75, 3.05) is 23.7 Å². The minimum Gasteiger partial charge on any atom is -0.371 e. The average Bonchev–Trinajstić information content (AvgIpc) is 2.67. The fourth-order valence-corrected chi connectivity index (χ4v) is 6.70. The van der Waals surface area contributed by atoms with Crippen molar-refractivity contribution in [1.82, 2.24) is 0 Å². The van der Waals surface area contributed by atoms with E-state index in [2.05, 4.69) is 43.0 Å². The van der Waals surface area contributed by atoms with Crippen LogP contribution in [0.2, 0.25) is 0 Å². The van der Waals surface area contributed by atoms with Crippen LogP contribution in [0.3, 0.4) is 0 Å². The summed E-state index contributed by atoms with van der Waals surface area (Å²) in [5.41, 5.74) is 2.82. The zero-order valence-corrected chi connectivity index (χ0v) is 19.8. The van der Waals surface area contributed by atoms with E-state index in [0.29, 0.717) is 11.7 Å². The first-order valence-electron chi connectivity index (χ1n) is 11.8. The Morgan fingerprint density at radius 1 is 0.931 bits per heavy atom. The molecule has 0 N–H and O–H groups in total. The summed E-state index contributed by atoms with van der Waals surface area (Å²) in [6.07, 6.45) is 8.29. The van der Waals surface area contributed by atoms with E-state index >= 15 is 0 Å². The summed E-state index contributed by atoms with van der Waals surface area (Å²) < 4.78 is 24.3. The minimum atomic E-state index is -2.90. The molecule has 1 heterocycles. The van der Waals surface area contributed by atoms with Gasteiger partial charge in [-0.15, -0.1) is 0 Å². The van der Waals surface area contributed by atoms with Gasteiger partial charge in [0.25, 0.3) is 0 Å². The maximum Gasteiger partial charge on any atom is 0.152 e. The predicted molar refractivity (Wildman–Crippen MR) is 124 cm³/mol. The van der Waals surface area contributed by atoms with Gasteiger partial charge in [0.2, 0.25) is 0 Å². The third kappa shape index (κ3) is 6.47. The maximum atomic E-state index is 12.2. The van der Waals surface area contributed by atoms with Gasteiger partial charge in [0, 0.05) is 18.8 Å². The molecule has 2 fully saturated rings. The molecule has 1 aliphatic heterocycles. The number of anilines is 1. The minimum absolute atomic E-state index is 0.237. The fourth-order valence-electron chi connectivity index (χ4n) is 5.33. The number of hydrogen-bond acceptors (Lipinski definition) is 3. The monoisotopic (exact) mass is 419 g/mol. The van der Waals surface area contributed by atoms with E-state index in [0.717, 1.165) is 37.0 Å². The SMILES string of the molecule is CC(C)S(=O)(=O)CC1CCC(CCc2ccc(N3C[C@H](C)C[C@@H](C)C3)cc2)CC1. The quantitative estimate of drug-likeness (QED) is 0.566. The lowest BCUT2D eigenvalue weighted by molar-refractivity contribution is 0.278. The van der Waals surface area contributed by atoms with Crippen molar-refractivity contribution in [2.45, 2.75) is 77.9 Å². The predicted octanol–water partition coefficient (Wildman–Crippen LogP) is 5.73. The molecule has 2 aliphatic rings. The van der Waals surface area contributed by atoms with Crippen molar-refractivity contribution in [3.05, 3.63) is 29.8 Å². The highest BCUT2D eigenvalue weighted by atomic mass is 32.2. The smallest absolute Gasteiger partial charge is 0.152 e. The van der Waals surface area contributed by atoms with E-state index in [1.165, 1.54) is 50.0 Å². The van der Waals surface area contributed by atoms with Crippen LogP contribution < -0.4 is 4.90 Å². The first-order chi connectivity index (χ1) is 13.7. The maximum absolute atomic E-state index is 12.2. The molecule has 29 heavy (non-hydrogen) atoms. The molecular formula is C25H41NO2S. The zero-order chi connectivity index (χ0) is 21.0. The molecule has 0 aromatic heterocycles. The molecule has 0 bridgehead atoms. The molecule has 1 aliphatic carbocycles. The van der Waals surface area contributed by atoms with Gasteiger partial charge in [0.1, 0.15) is 0 Å². The van der Waals surface area contributed by atoms with Crippen molar-refractivity contribution in [2.24, 2.45) is 23.7 Å². The Morgan fingerprint density at radius 3 is 2.03 bits per heavy atom. The second-order valence-corrected chi connectivity index (χ2v) is 12.9. The van der Waals surface area contributed by atoms with Gasteiger partial charge in [-0.2, -0.15) is 0 Å². The third-order valence-corrected chi connectivity index (χ3v) is 9.54. The van der Waals surface area contributed by atoms with Gasteiger partial charge in [-0.3, -0.25) is 0 Å². The van der Waals surface area contributed by atoms with Gasteiger partial charge in [0.05, 0.1) is 11.0 Å². The Hall–Kier alpha value is -1.03. The van der Waals surface area contributed by atoms with Gasteiger partial charge in [0.15, 0.2) is 9.84 Å². The first kappa shape index (κ1) is 22.7. The molecule has 1 saturated heterocycles. The number of aryl methyl sites for hydroxylation is 1. The highest BCUT2D eigenvalue weighted by Crippen LogP contribution is 2.33. The molecule has 0 amide bonds. The molecule has 3 rings (SSSR count). The molecule has 0 radical (unpaired) electrons. The van der Waals surface area contributed by atoms with Crippen LogP contribution in [0.25, 0.3) is 0 Å². The third-order valence-electron chi connectivity index (χ3n) is 7.16. The summed E-state index contributed by atoms with van der Waals surface area (Å²) in [5.74, 6) is 3.10. The molecule has 0 unspecified atom stereocenters. The number of benzene rings is 1. The van der Waals surface area contributed by atoms with Crippen molar-refractivity contribution >= 4 is 15.5 Å². The molecule has 4 heteroatoms. The zero-order valence-electron chi connectivity index (χ0n) is 18.9. The summed E-state index contributed by atoms with van der Waals surface area (Å²) in [6.45, 7) is 10.7. The Balaban J connectivity index is 1.43. The van der Waals surface area contributed by atoms with Crippen LogP contribution in [0.4, 0.5) is 5.69 Å². The van der Waals surface area contributed by atoms with Gasteiger partial charge in [-0.1, -0.05) is 38.8 Å². The summed E-state index contributed by atoms with van der Waals surface area (Å²) >= 11 is 0.